The molecule has 0 radical (unpaired) electrons. The maximum absolute atomic E-state index is 13.1. The van der Waals surface area contributed by atoms with Gasteiger partial charge in [0, 0.05) is 38.2 Å². The number of esters is 1. The number of carbonyl (C=O) groups excluding carboxylic acids is 3. The average Bonchev–Trinajstić information content (AvgIpc) is 2.67. The van der Waals surface area contributed by atoms with Crippen LogP contribution in [0.3, 0.4) is 0 Å². The van der Waals surface area contributed by atoms with Crippen molar-refractivity contribution in [3.8, 4) is 0 Å². The van der Waals surface area contributed by atoms with E-state index in [1.165, 1.54) is 31.4 Å². The molecule has 1 atom stereocenters. The second-order valence-electron chi connectivity index (χ2n) is 6.63. The number of piperazine rings is 1. The van der Waals surface area contributed by atoms with E-state index in [0.717, 1.165) is 13.1 Å². The van der Waals surface area contributed by atoms with Gasteiger partial charge in [0.2, 0.25) is 5.91 Å². The van der Waals surface area contributed by atoms with Gasteiger partial charge in [-0.3, -0.25) is 14.4 Å². The highest BCUT2D eigenvalue weighted by Gasteiger charge is 2.28. The third-order valence-electron chi connectivity index (χ3n) is 4.63. The van der Waals surface area contributed by atoms with Crippen molar-refractivity contribution >= 4 is 17.8 Å². The maximum Gasteiger partial charge on any atom is 0.305 e. The highest BCUT2D eigenvalue weighted by atomic mass is 19.1. The van der Waals surface area contributed by atoms with E-state index >= 15 is 0 Å². The van der Waals surface area contributed by atoms with Crippen LogP contribution in [0.2, 0.25) is 0 Å². The van der Waals surface area contributed by atoms with Gasteiger partial charge < -0.3 is 19.9 Å². The van der Waals surface area contributed by atoms with Crippen molar-refractivity contribution in [1.82, 2.24) is 15.1 Å². The largest absolute Gasteiger partial charge is 0.469 e. The van der Waals surface area contributed by atoms with Gasteiger partial charge in [-0.2, -0.15) is 0 Å². The molecule has 2 amide bonds. The van der Waals surface area contributed by atoms with Crippen molar-refractivity contribution in [3.63, 3.8) is 0 Å². The molecule has 0 aromatic heterocycles. The van der Waals surface area contributed by atoms with Gasteiger partial charge in [-0.05, 0) is 44.2 Å². The Kier molecular flexibility index (Phi) is 7.72. The third kappa shape index (κ3) is 6.32. The molecule has 2 rings (SSSR count). The number of methoxy groups -OCH3 is 1. The fourth-order valence-corrected chi connectivity index (χ4v) is 2.90. The smallest absolute Gasteiger partial charge is 0.305 e. The summed E-state index contributed by atoms with van der Waals surface area (Å²) in [6, 6.07) is 4.40. The van der Waals surface area contributed by atoms with Crippen molar-refractivity contribution in [1.29, 1.82) is 0 Å². The van der Waals surface area contributed by atoms with Crippen LogP contribution in [0.1, 0.15) is 29.6 Å². The summed E-state index contributed by atoms with van der Waals surface area (Å²) in [4.78, 5) is 40.5. The summed E-state index contributed by atoms with van der Waals surface area (Å²) < 4.78 is 17.7. The molecule has 1 unspecified atom stereocenters. The molecule has 0 aliphatic carbocycles. The summed E-state index contributed by atoms with van der Waals surface area (Å²) in [5.74, 6) is -1.40. The minimum atomic E-state index is -0.740. The number of amides is 2. The van der Waals surface area contributed by atoms with Gasteiger partial charge in [0.15, 0.2) is 0 Å². The van der Waals surface area contributed by atoms with E-state index < -0.39 is 17.8 Å². The highest BCUT2D eigenvalue weighted by Crippen LogP contribution is 2.10. The van der Waals surface area contributed by atoms with E-state index in [-0.39, 0.29) is 23.9 Å². The van der Waals surface area contributed by atoms with Crippen LogP contribution in [-0.2, 0) is 14.3 Å². The summed E-state index contributed by atoms with van der Waals surface area (Å²) in [6.07, 6.45) is 0.920. The van der Waals surface area contributed by atoms with Crippen molar-refractivity contribution in [2.75, 3.05) is 40.3 Å². The third-order valence-corrected chi connectivity index (χ3v) is 4.63. The Balaban J connectivity index is 2.03. The minimum absolute atomic E-state index is 0.163. The molecule has 1 saturated heterocycles. The van der Waals surface area contributed by atoms with Crippen molar-refractivity contribution in [2.24, 2.45) is 0 Å². The molecular formula is C19H26FN3O4. The number of hydrogen-bond acceptors (Lipinski definition) is 5. The summed E-state index contributed by atoms with van der Waals surface area (Å²) in [5, 5.41) is 2.73. The van der Waals surface area contributed by atoms with Gasteiger partial charge >= 0.3 is 5.97 Å². The van der Waals surface area contributed by atoms with Crippen LogP contribution < -0.4 is 5.32 Å². The standard InChI is InChI=1S/C19H26FN3O4/c1-22-10-12-23(13-11-22)19(26)16(4-3-5-17(24)27-2)21-18(25)14-6-8-15(20)9-7-14/h6-9,16H,3-5,10-13H2,1-2H3,(H,21,25). The number of rotatable bonds is 7. The maximum atomic E-state index is 13.1. The summed E-state index contributed by atoms with van der Waals surface area (Å²) in [6.45, 7) is 2.73. The first-order valence-electron chi connectivity index (χ1n) is 9.01. The van der Waals surface area contributed by atoms with Crippen LogP contribution in [0.4, 0.5) is 4.39 Å². The topological polar surface area (TPSA) is 78.9 Å². The minimum Gasteiger partial charge on any atom is -0.469 e. The molecule has 1 N–H and O–H groups in total. The quantitative estimate of drug-likeness (QED) is 0.717. The van der Waals surface area contributed by atoms with Crippen molar-refractivity contribution < 1.29 is 23.5 Å². The summed E-state index contributed by atoms with van der Waals surface area (Å²) in [7, 11) is 3.30. The SMILES string of the molecule is COC(=O)CCCC(NC(=O)c1ccc(F)cc1)C(=O)N1CCN(C)CC1. The Bertz CT molecular complexity index is 657. The van der Waals surface area contributed by atoms with E-state index in [1.54, 1.807) is 4.90 Å². The van der Waals surface area contributed by atoms with Gasteiger partial charge in [0.25, 0.3) is 5.91 Å². The fraction of sp³-hybridized carbons (Fsp3) is 0.526. The molecule has 27 heavy (non-hydrogen) atoms. The monoisotopic (exact) mass is 379 g/mol. The second kappa shape index (κ2) is 10.0. The molecule has 8 heteroatoms. The number of halogens is 1. The Morgan fingerprint density at radius 2 is 1.78 bits per heavy atom. The molecule has 0 saturated carbocycles. The summed E-state index contributed by atoms with van der Waals surface area (Å²) >= 11 is 0. The Hall–Kier alpha value is -2.48. The number of ether oxygens (including phenoxy) is 1. The lowest BCUT2D eigenvalue weighted by molar-refractivity contribution is -0.141. The lowest BCUT2D eigenvalue weighted by atomic mass is 10.1. The lowest BCUT2D eigenvalue weighted by Gasteiger charge is -2.34. The highest BCUT2D eigenvalue weighted by molar-refractivity contribution is 5.97. The van der Waals surface area contributed by atoms with Crippen LogP contribution in [0.5, 0.6) is 0 Å². The zero-order chi connectivity index (χ0) is 19.8. The second-order valence-corrected chi connectivity index (χ2v) is 6.63. The molecule has 1 aromatic carbocycles. The molecule has 1 fully saturated rings. The van der Waals surface area contributed by atoms with Crippen molar-refractivity contribution in [3.05, 3.63) is 35.6 Å². The van der Waals surface area contributed by atoms with Crippen molar-refractivity contribution in [2.45, 2.75) is 25.3 Å². The molecule has 0 bridgehead atoms. The average molecular weight is 379 g/mol. The molecule has 1 heterocycles. The van der Waals surface area contributed by atoms with Crippen LogP contribution in [0.25, 0.3) is 0 Å². The molecule has 1 aliphatic heterocycles. The molecular weight excluding hydrogens is 353 g/mol. The lowest BCUT2D eigenvalue weighted by Crippen LogP contribution is -2.54. The van der Waals surface area contributed by atoms with Crippen LogP contribution in [-0.4, -0.2) is 74.0 Å². The number of benzene rings is 1. The van der Waals surface area contributed by atoms with E-state index in [1.807, 2.05) is 7.05 Å². The first kappa shape index (κ1) is 20.8. The Morgan fingerprint density at radius 1 is 1.15 bits per heavy atom. The first-order valence-corrected chi connectivity index (χ1v) is 9.01. The normalized spacial score (nSPS) is 15.9. The molecule has 7 nitrogen and oxygen atoms in total. The Labute approximate surface area is 158 Å². The molecule has 0 spiro atoms. The van der Waals surface area contributed by atoms with Crippen LogP contribution >= 0.6 is 0 Å². The van der Waals surface area contributed by atoms with Gasteiger partial charge in [-0.25, -0.2) is 4.39 Å². The van der Waals surface area contributed by atoms with Crippen LogP contribution in [0.15, 0.2) is 24.3 Å². The van der Waals surface area contributed by atoms with E-state index in [9.17, 15) is 18.8 Å². The predicted molar refractivity (Wildman–Crippen MR) is 97.6 cm³/mol. The van der Waals surface area contributed by atoms with E-state index in [2.05, 4.69) is 15.0 Å². The van der Waals surface area contributed by atoms with Gasteiger partial charge in [0.1, 0.15) is 11.9 Å². The number of hydrogen-bond donors (Lipinski definition) is 1. The summed E-state index contributed by atoms with van der Waals surface area (Å²) in [5.41, 5.74) is 0.278. The van der Waals surface area contributed by atoms with E-state index in [0.29, 0.717) is 25.9 Å². The van der Waals surface area contributed by atoms with Gasteiger partial charge in [-0.15, -0.1) is 0 Å². The first-order chi connectivity index (χ1) is 12.9. The fourth-order valence-electron chi connectivity index (χ4n) is 2.90. The number of carbonyl (C=O) groups is 3. The van der Waals surface area contributed by atoms with Gasteiger partial charge in [0.05, 0.1) is 7.11 Å². The zero-order valence-corrected chi connectivity index (χ0v) is 15.7. The number of nitrogens with zero attached hydrogens (tertiary/aromatic N) is 2. The molecule has 1 aromatic rings. The van der Waals surface area contributed by atoms with Crippen LogP contribution in [0, 0.1) is 5.82 Å². The molecule has 1 aliphatic rings. The predicted octanol–water partition coefficient (Wildman–Crippen LogP) is 1.04. The number of nitrogens with one attached hydrogen (secondary N) is 1. The zero-order valence-electron chi connectivity index (χ0n) is 15.7. The number of likely N-dealkylation sites (N-methyl/N-ethyl adjacent to an activating group) is 1. The molecule has 148 valence electrons. The van der Waals surface area contributed by atoms with Gasteiger partial charge in [-0.1, -0.05) is 0 Å². The Morgan fingerprint density at radius 3 is 2.37 bits per heavy atom. The van der Waals surface area contributed by atoms with E-state index in [4.69, 9.17) is 0 Å².